The average molecular weight is 1120 g/mol. The summed E-state index contributed by atoms with van der Waals surface area (Å²) in [5.41, 5.74) is -0.00890. The molecule has 6 fully saturated rings. The van der Waals surface area contributed by atoms with Crippen LogP contribution in [0.1, 0.15) is 78.5 Å². The van der Waals surface area contributed by atoms with Crippen molar-refractivity contribution in [1.82, 2.24) is 25.8 Å². The number of alkyl halides is 9. The maximum atomic E-state index is 12.7. The molecular formula is C38H49F9N8Na2O12S3. The second kappa shape index (κ2) is 30.3. The Balaban J connectivity index is 0.00000106. The topological polar surface area (TPSA) is 311 Å². The molecule has 5 N–H and O–H groups in total. The predicted octanol–water partition coefficient (Wildman–Crippen LogP) is -4.55. The van der Waals surface area contributed by atoms with Gasteiger partial charge in [0.25, 0.3) is 6.47 Å². The molecule has 20 nitrogen and oxygen atoms in total. The first-order valence-corrected chi connectivity index (χ1v) is 24.7. The summed E-state index contributed by atoms with van der Waals surface area (Å²) < 4.78 is 127. The molecule has 0 bridgehead atoms. The van der Waals surface area contributed by atoms with Crippen LogP contribution in [0.3, 0.4) is 0 Å². The first-order valence-electron chi connectivity index (χ1n) is 21.2. The Bertz CT molecular complexity index is 2100. The fourth-order valence-corrected chi connectivity index (χ4v) is 11.4. The van der Waals surface area contributed by atoms with Gasteiger partial charge in [-0.2, -0.15) is 58.5 Å². The van der Waals surface area contributed by atoms with Crippen LogP contribution in [-0.2, 0) is 52.8 Å². The first kappa shape index (κ1) is 67.5. The minimum Gasteiger partial charge on any atom is -1.00 e. The number of nitrogens with two attached hydrogens (primary N) is 1. The molecule has 6 rings (SSSR count). The first-order chi connectivity index (χ1) is 32.6. The summed E-state index contributed by atoms with van der Waals surface area (Å²) in [5, 5.41) is 34.4. The van der Waals surface area contributed by atoms with Gasteiger partial charge in [0.1, 0.15) is 35.7 Å². The zero-order valence-electron chi connectivity index (χ0n) is 39.6. The largest absolute Gasteiger partial charge is 1.00 e. The van der Waals surface area contributed by atoms with Crippen LogP contribution in [0.2, 0.25) is 0 Å². The SMILES string of the molecule is N#C[C@H](C[C@@H]1CCCC1=O)NC(=O)[C@@H]1CS[C@H]2CC[C@H](N)C(=O)N21.N#C[C@H](C[C@@H]1CCCC1=O)NC(=O)[C@@H]1CS[C@H]2CC[C@H](NCC(F)(F)F)C(=O)N21.O=CO[O-].O=S(=O)(OCC(F)(F)F)C(F)(F)F.[H-].[Na+].[Na+]. The molecule has 2 saturated carbocycles. The van der Waals surface area contributed by atoms with Crippen molar-refractivity contribution in [2.45, 2.75) is 142 Å². The predicted molar refractivity (Wildman–Crippen MR) is 222 cm³/mol. The molecule has 0 aromatic heterocycles. The Morgan fingerprint density at radius 2 is 1.21 bits per heavy atom. The summed E-state index contributed by atoms with van der Waals surface area (Å²) in [7, 11) is -6.15. The summed E-state index contributed by atoms with van der Waals surface area (Å²) >= 11 is 3.01. The quantitative estimate of drug-likeness (QED) is 0.0257. The van der Waals surface area contributed by atoms with E-state index in [0.29, 0.717) is 50.0 Å². The second-order valence-electron chi connectivity index (χ2n) is 16.3. The van der Waals surface area contributed by atoms with Crippen LogP contribution in [-0.4, -0.2) is 149 Å². The van der Waals surface area contributed by atoms with Gasteiger partial charge in [-0.05, 0) is 64.2 Å². The molecule has 0 aromatic rings. The third kappa shape index (κ3) is 20.6. The Kier molecular flexibility index (Phi) is 28.4. The third-order valence-electron chi connectivity index (χ3n) is 11.4. The van der Waals surface area contributed by atoms with E-state index < -0.39 is 89.2 Å². The number of rotatable bonds is 13. The van der Waals surface area contributed by atoms with Crippen LogP contribution >= 0.6 is 23.5 Å². The van der Waals surface area contributed by atoms with E-state index in [0.717, 1.165) is 25.7 Å². The normalized spacial score (nSPS) is 26.6. The minimum absolute atomic E-state index is 0. The summed E-state index contributed by atoms with van der Waals surface area (Å²) in [5.74, 6) is -0.760. The van der Waals surface area contributed by atoms with Gasteiger partial charge in [0.2, 0.25) is 23.6 Å². The molecule has 4 heterocycles. The van der Waals surface area contributed by atoms with Crippen molar-refractivity contribution in [2.24, 2.45) is 17.6 Å². The molecule has 4 saturated heterocycles. The number of nitrogens with zero attached hydrogens (tertiary/aromatic N) is 4. The number of carbonyl (C=O) groups excluding carboxylic acids is 7. The molecule has 0 unspecified atom stereocenters. The maximum Gasteiger partial charge on any atom is 1.00 e. The second-order valence-corrected chi connectivity index (χ2v) is 20.4. The summed E-state index contributed by atoms with van der Waals surface area (Å²) in [6.07, 6.45) is -2.55. The molecule has 34 heteroatoms. The van der Waals surface area contributed by atoms with Crippen LogP contribution < -0.4 is 86.1 Å². The van der Waals surface area contributed by atoms with Crippen molar-refractivity contribution in [3.8, 4) is 12.1 Å². The number of carbonyl (C=O) groups is 7. The number of Topliss-reactive ketones (excluding diaryl/α,β-unsaturated/α-hetero) is 2. The van der Waals surface area contributed by atoms with Crippen molar-refractivity contribution in [1.29, 1.82) is 10.5 Å². The zero-order valence-corrected chi connectivity index (χ0v) is 45.0. The van der Waals surface area contributed by atoms with Crippen molar-refractivity contribution in [2.75, 3.05) is 24.7 Å². The molecule has 4 aliphatic heterocycles. The molecule has 396 valence electrons. The fraction of sp³-hybridized carbons (Fsp3) is 0.763. The molecule has 4 amide bonds. The standard InChI is InChI=1S/C18H23F3N4O3S.C16H22N4O3S.C3H2F6O3S.CH2O3.2Na.H/c19-18(20,21)9-23-12-4-5-15-25(17(12)28)13(8-29-15)16(27)24-11(7-22)6-10-2-1-3-14(10)26;17-7-10(6-9-2-1-3-13(9)21)19-15(22)12-8-24-14-5-4-11(18)16(23)20(12)14;4-2(5,6)1-12-13(10,11)3(7,8)9;2-1-4-3;;;/h10-13,15,23H,1-6,8-9H2,(H,24,27);9-12,14H,1-6,8,18H2,(H,19,22);1H2;1,3H;;;/q;;;;2*+1;-1/p-1/t10-,11-,12-,13-,15-;9-,10-,11-,12-,14-;;;;;/m00...../s1. The van der Waals surface area contributed by atoms with Gasteiger partial charge >= 0.3 is 87.1 Å². The number of amides is 4. The summed E-state index contributed by atoms with van der Waals surface area (Å²) in [6, 6.07) is -0.381. The van der Waals surface area contributed by atoms with Crippen LogP contribution in [0, 0.1) is 34.5 Å². The van der Waals surface area contributed by atoms with E-state index in [9.17, 15) is 87.2 Å². The van der Waals surface area contributed by atoms with Gasteiger partial charge in [0.05, 0.1) is 41.5 Å². The summed E-state index contributed by atoms with van der Waals surface area (Å²) in [4.78, 5) is 88.1. The smallest absolute Gasteiger partial charge is 1.00 e. The van der Waals surface area contributed by atoms with E-state index in [4.69, 9.17) is 15.8 Å². The number of nitriles is 2. The van der Waals surface area contributed by atoms with Crippen molar-refractivity contribution < 1.29 is 156 Å². The molecule has 2 aliphatic carbocycles. The molecule has 6 aliphatic rings. The summed E-state index contributed by atoms with van der Waals surface area (Å²) in [6.45, 7) is -3.94. The van der Waals surface area contributed by atoms with E-state index in [2.05, 4.69) is 31.1 Å². The Labute approximate surface area is 460 Å². The van der Waals surface area contributed by atoms with E-state index in [1.807, 2.05) is 6.07 Å². The number of hydrogen-bond acceptors (Lipinski definition) is 18. The van der Waals surface area contributed by atoms with Gasteiger partial charge < -0.3 is 37.7 Å². The third-order valence-corrected chi connectivity index (χ3v) is 15.1. The maximum absolute atomic E-state index is 12.7. The van der Waals surface area contributed by atoms with Crippen LogP contribution in [0.25, 0.3) is 0 Å². The molecule has 0 radical (unpaired) electrons. The molecule has 10 atom stereocenters. The van der Waals surface area contributed by atoms with Crippen LogP contribution in [0.15, 0.2) is 0 Å². The Morgan fingerprint density at radius 3 is 1.57 bits per heavy atom. The van der Waals surface area contributed by atoms with Crippen LogP contribution in [0.4, 0.5) is 39.5 Å². The number of nitrogens with one attached hydrogen (secondary N) is 3. The van der Waals surface area contributed by atoms with Crippen molar-refractivity contribution >= 4 is 75.3 Å². The number of hydrogen-bond donors (Lipinski definition) is 4. The van der Waals surface area contributed by atoms with Crippen molar-refractivity contribution in [3.05, 3.63) is 0 Å². The molecule has 72 heavy (non-hydrogen) atoms. The minimum atomic E-state index is -6.15. The van der Waals surface area contributed by atoms with Gasteiger partial charge in [0.15, 0.2) is 6.61 Å². The van der Waals surface area contributed by atoms with Gasteiger partial charge in [0, 0.05) is 36.2 Å². The van der Waals surface area contributed by atoms with Crippen molar-refractivity contribution in [3.63, 3.8) is 0 Å². The number of ketones is 2. The van der Waals surface area contributed by atoms with Gasteiger partial charge in [-0.3, -0.25) is 43.1 Å². The van der Waals surface area contributed by atoms with Crippen LogP contribution in [0.5, 0.6) is 0 Å². The number of thioether (sulfide) groups is 2. The van der Waals surface area contributed by atoms with E-state index >= 15 is 0 Å². The van der Waals surface area contributed by atoms with Gasteiger partial charge in [-0.1, -0.05) is 0 Å². The number of piperidine rings is 2. The zero-order chi connectivity index (χ0) is 52.8. The fourth-order valence-electron chi connectivity index (χ4n) is 8.12. The number of halogens is 9. The van der Waals surface area contributed by atoms with E-state index in [1.54, 1.807) is 16.7 Å². The molecule has 0 aromatic carbocycles. The monoisotopic (exact) mass is 1120 g/mol. The van der Waals surface area contributed by atoms with Gasteiger partial charge in [-0.25, -0.2) is 0 Å². The Morgan fingerprint density at radius 1 is 0.778 bits per heavy atom. The molecular weight excluding hydrogens is 1070 g/mol. The molecule has 0 spiro atoms. The Hall–Kier alpha value is -2.47. The van der Waals surface area contributed by atoms with E-state index in [-0.39, 0.29) is 126 Å². The van der Waals surface area contributed by atoms with Gasteiger partial charge in [-0.15, -0.1) is 23.5 Å². The van der Waals surface area contributed by atoms with E-state index in [1.165, 1.54) is 16.7 Å². The number of fused-ring (bicyclic) bond motifs is 2. The average Bonchev–Trinajstić information content (AvgIpc) is 4.11.